The van der Waals surface area contributed by atoms with Gasteiger partial charge in [0.15, 0.2) is 0 Å². The van der Waals surface area contributed by atoms with Gasteiger partial charge in [-0.2, -0.15) is 0 Å². The molecular weight excluding hydrogens is 246 g/mol. The van der Waals surface area contributed by atoms with Crippen LogP contribution in [0.15, 0.2) is 18.2 Å². The number of carbonyl (C=O) groups is 1. The molecule has 1 aliphatic rings. The Morgan fingerprint density at radius 1 is 1.47 bits per heavy atom. The number of hydrogen-bond donors (Lipinski definition) is 1. The normalized spacial score (nSPS) is 19.2. The molecule has 0 aliphatic carbocycles. The number of piperidine rings is 1. The molecule has 1 amide bonds. The van der Waals surface area contributed by atoms with E-state index in [-0.39, 0.29) is 28.9 Å². The zero-order chi connectivity index (χ0) is 14.0. The largest absolute Gasteiger partial charge is 0.398 e. The highest BCUT2D eigenvalue weighted by molar-refractivity contribution is 6.03. The molecule has 102 valence electrons. The molecule has 1 atom stereocenters. The highest BCUT2D eigenvalue weighted by atomic mass is 16.6. The molecule has 1 heterocycles. The summed E-state index contributed by atoms with van der Waals surface area (Å²) in [5.41, 5.74) is 5.72. The quantitative estimate of drug-likeness (QED) is 0.503. The second kappa shape index (κ2) is 5.26. The summed E-state index contributed by atoms with van der Waals surface area (Å²) < 4.78 is 0. The molecule has 6 nitrogen and oxygen atoms in total. The lowest BCUT2D eigenvalue weighted by atomic mass is 10.0. The highest BCUT2D eigenvalue weighted by Crippen LogP contribution is 2.28. The van der Waals surface area contributed by atoms with E-state index in [0.717, 1.165) is 19.3 Å². The smallest absolute Gasteiger partial charge is 0.284 e. The molecule has 2 rings (SSSR count). The second-order valence-electron chi connectivity index (χ2n) is 4.84. The fraction of sp³-hybridized carbons (Fsp3) is 0.462. The number of nitro benzene ring substituents is 1. The van der Waals surface area contributed by atoms with E-state index in [4.69, 9.17) is 5.73 Å². The molecule has 2 N–H and O–H groups in total. The minimum absolute atomic E-state index is 0.0150. The highest BCUT2D eigenvalue weighted by Gasteiger charge is 2.30. The van der Waals surface area contributed by atoms with E-state index in [1.165, 1.54) is 18.2 Å². The van der Waals surface area contributed by atoms with Crippen molar-refractivity contribution in [1.29, 1.82) is 0 Å². The monoisotopic (exact) mass is 263 g/mol. The van der Waals surface area contributed by atoms with Crippen LogP contribution in [0, 0.1) is 10.1 Å². The summed E-state index contributed by atoms with van der Waals surface area (Å²) in [5.74, 6) is -0.336. The van der Waals surface area contributed by atoms with E-state index in [1.54, 1.807) is 4.90 Å². The molecular formula is C13H17N3O3. The fourth-order valence-corrected chi connectivity index (χ4v) is 2.49. The molecule has 0 aromatic heterocycles. The topological polar surface area (TPSA) is 89.5 Å². The zero-order valence-corrected chi connectivity index (χ0v) is 10.8. The van der Waals surface area contributed by atoms with Crippen LogP contribution in [0.25, 0.3) is 0 Å². The van der Waals surface area contributed by atoms with Crippen LogP contribution in [0.4, 0.5) is 11.4 Å². The third kappa shape index (κ3) is 2.52. The number of nitro groups is 1. The summed E-state index contributed by atoms with van der Waals surface area (Å²) in [6.45, 7) is 2.59. The first kappa shape index (κ1) is 13.3. The van der Waals surface area contributed by atoms with E-state index >= 15 is 0 Å². The molecule has 0 radical (unpaired) electrons. The van der Waals surface area contributed by atoms with Crippen LogP contribution in [-0.4, -0.2) is 28.3 Å². The maximum Gasteiger partial charge on any atom is 0.284 e. The van der Waals surface area contributed by atoms with E-state index in [1.807, 2.05) is 6.92 Å². The van der Waals surface area contributed by atoms with Gasteiger partial charge in [0.1, 0.15) is 5.56 Å². The lowest BCUT2D eigenvalue weighted by Gasteiger charge is -2.33. The maximum atomic E-state index is 12.5. The molecule has 1 aromatic rings. The molecule has 1 fully saturated rings. The van der Waals surface area contributed by atoms with Gasteiger partial charge in [0, 0.05) is 18.7 Å². The van der Waals surface area contributed by atoms with Gasteiger partial charge in [-0.1, -0.05) is 6.07 Å². The summed E-state index contributed by atoms with van der Waals surface area (Å²) in [6.07, 6.45) is 2.93. The predicted octanol–water partition coefficient (Wildman–Crippen LogP) is 2.19. The number of nitrogens with zero attached hydrogens (tertiary/aromatic N) is 2. The lowest BCUT2D eigenvalue weighted by Crippen LogP contribution is -2.42. The van der Waals surface area contributed by atoms with Crippen LogP contribution >= 0.6 is 0 Å². The Kier molecular flexibility index (Phi) is 3.69. The van der Waals surface area contributed by atoms with Gasteiger partial charge in [-0.05, 0) is 32.3 Å². The summed E-state index contributed by atoms with van der Waals surface area (Å²) >= 11 is 0. The third-order valence-electron chi connectivity index (χ3n) is 3.55. The van der Waals surface area contributed by atoms with Crippen LogP contribution in [0.5, 0.6) is 0 Å². The number of anilines is 1. The first-order chi connectivity index (χ1) is 9.02. The summed E-state index contributed by atoms with van der Waals surface area (Å²) in [7, 11) is 0. The fourth-order valence-electron chi connectivity index (χ4n) is 2.49. The van der Waals surface area contributed by atoms with Crippen molar-refractivity contribution < 1.29 is 9.72 Å². The summed E-state index contributed by atoms with van der Waals surface area (Å²) in [5, 5.41) is 11.0. The summed E-state index contributed by atoms with van der Waals surface area (Å²) in [6, 6.07) is 4.43. The standard InChI is InChI=1S/C13H17N3O3/c1-9-5-2-3-8-15(9)13(17)12-10(14)6-4-7-11(12)16(18)19/h4,6-7,9H,2-3,5,8,14H2,1H3. The number of carbonyl (C=O) groups excluding carboxylic acids is 1. The van der Waals surface area contributed by atoms with E-state index in [9.17, 15) is 14.9 Å². The number of hydrogen-bond acceptors (Lipinski definition) is 4. The van der Waals surface area contributed by atoms with E-state index < -0.39 is 4.92 Å². The van der Waals surface area contributed by atoms with Crippen molar-refractivity contribution in [3.8, 4) is 0 Å². The minimum atomic E-state index is -0.557. The van der Waals surface area contributed by atoms with E-state index in [2.05, 4.69) is 0 Å². The molecule has 1 saturated heterocycles. The Bertz CT molecular complexity index is 516. The number of rotatable bonds is 2. The van der Waals surface area contributed by atoms with Gasteiger partial charge < -0.3 is 10.6 Å². The van der Waals surface area contributed by atoms with Crippen LogP contribution in [0.3, 0.4) is 0 Å². The average molecular weight is 263 g/mol. The van der Waals surface area contributed by atoms with Crippen molar-refractivity contribution >= 4 is 17.3 Å². The number of amides is 1. The Morgan fingerprint density at radius 3 is 2.84 bits per heavy atom. The van der Waals surface area contributed by atoms with Crippen molar-refractivity contribution in [1.82, 2.24) is 4.90 Å². The van der Waals surface area contributed by atoms with Crippen LogP contribution in [0.1, 0.15) is 36.5 Å². The first-order valence-electron chi connectivity index (χ1n) is 6.36. The Morgan fingerprint density at radius 2 is 2.21 bits per heavy atom. The molecule has 19 heavy (non-hydrogen) atoms. The van der Waals surface area contributed by atoms with Gasteiger partial charge in [-0.15, -0.1) is 0 Å². The van der Waals surface area contributed by atoms with Crippen molar-refractivity contribution in [2.24, 2.45) is 0 Å². The molecule has 0 bridgehead atoms. The van der Waals surface area contributed by atoms with Crippen molar-refractivity contribution in [2.45, 2.75) is 32.2 Å². The second-order valence-corrected chi connectivity index (χ2v) is 4.84. The average Bonchev–Trinajstić information content (AvgIpc) is 2.38. The van der Waals surface area contributed by atoms with Crippen molar-refractivity contribution in [2.75, 3.05) is 12.3 Å². The van der Waals surface area contributed by atoms with Crippen LogP contribution < -0.4 is 5.73 Å². The zero-order valence-electron chi connectivity index (χ0n) is 10.8. The Labute approximate surface area is 111 Å². The minimum Gasteiger partial charge on any atom is -0.398 e. The summed E-state index contributed by atoms with van der Waals surface area (Å²) in [4.78, 5) is 24.6. The maximum absolute atomic E-state index is 12.5. The van der Waals surface area contributed by atoms with Crippen molar-refractivity contribution in [3.63, 3.8) is 0 Å². The number of nitrogens with two attached hydrogens (primary N) is 1. The Balaban J connectivity index is 2.40. The van der Waals surface area contributed by atoms with Gasteiger partial charge in [0.25, 0.3) is 11.6 Å². The molecule has 0 saturated carbocycles. The molecule has 1 aromatic carbocycles. The number of nitrogen functional groups attached to an aromatic ring is 1. The lowest BCUT2D eigenvalue weighted by molar-refractivity contribution is -0.385. The molecule has 1 unspecified atom stereocenters. The Hall–Kier alpha value is -2.11. The number of benzene rings is 1. The first-order valence-corrected chi connectivity index (χ1v) is 6.36. The predicted molar refractivity (Wildman–Crippen MR) is 71.9 cm³/mol. The van der Waals surface area contributed by atoms with Crippen LogP contribution in [0.2, 0.25) is 0 Å². The van der Waals surface area contributed by atoms with Gasteiger partial charge in [0.05, 0.1) is 10.6 Å². The van der Waals surface area contributed by atoms with Gasteiger partial charge in [0.2, 0.25) is 0 Å². The molecule has 0 spiro atoms. The molecule has 1 aliphatic heterocycles. The van der Waals surface area contributed by atoms with Crippen molar-refractivity contribution in [3.05, 3.63) is 33.9 Å². The van der Waals surface area contributed by atoms with Gasteiger partial charge >= 0.3 is 0 Å². The van der Waals surface area contributed by atoms with E-state index in [0.29, 0.717) is 6.54 Å². The van der Waals surface area contributed by atoms with Gasteiger partial charge in [-0.25, -0.2) is 0 Å². The number of likely N-dealkylation sites (tertiary alicyclic amines) is 1. The molecule has 6 heteroatoms. The van der Waals surface area contributed by atoms with Gasteiger partial charge in [-0.3, -0.25) is 14.9 Å². The SMILES string of the molecule is CC1CCCCN1C(=O)c1c(N)cccc1[N+](=O)[O-]. The van der Waals surface area contributed by atoms with Crippen LogP contribution in [-0.2, 0) is 0 Å². The third-order valence-corrected chi connectivity index (χ3v) is 3.55.